The molecule has 6 rings (SSSR count). The number of hydrogen-bond acceptors (Lipinski definition) is 10. The molecule has 0 saturated carbocycles. The highest BCUT2D eigenvalue weighted by molar-refractivity contribution is 7.90. The lowest BCUT2D eigenvalue weighted by atomic mass is 9.95. The van der Waals surface area contributed by atoms with Crippen molar-refractivity contribution in [2.75, 3.05) is 49.7 Å². The molecule has 43 heavy (non-hydrogen) atoms. The second-order valence-corrected chi connectivity index (χ2v) is 16.0. The van der Waals surface area contributed by atoms with E-state index in [1.165, 1.54) is 6.20 Å². The molecule has 0 aromatic carbocycles. The third-order valence-electron chi connectivity index (χ3n) is 8.99. The second kappa shape index (κ2) is 10.5. The monoisotopic (exact) mass is 642 g/mol. The van der Waals surface area contributed by atoms with Gasteiger partial charge in [-0.05, 0) is 53.0 Å². The van der Waals surface area contributed by atoms with E-state index >= 15 is 4.39 Å². The largest absolute Gasteiger partial charge is 0.461 e. The summed E-state index contributed by atoms with van der Waals surface area (Å²) in [5, 5.41) is -0.0812. The molecule has 236 valence electrons. The number of carbonyl (C=O) groups excluding carboxylic acids is 1. The van der Waals surface area contributed by atoms with Crippen LogP contribution in [-0.4, -0.2) is 113 Å². The molecule has 0 spiro atoms. The maximum Gasteiger partial charge on any atom is 0.411 e. The molecule has 0 radical (unpaired) electrons. The molecule has 2 bridgehead atoms. The number of piperazine rings is 1. The number of sulfone groups is 1. The van der Waals surface area contributed by atoms with E-state index in [-0.39, 0.29) is 47.0 Å². The van der Waals surface area contributed by atoms with Gasteiger partial charge in [0.05, 0.1) is 28.3 Å². The Morgan fingerprint density at radius 2 is 1.98 bits per heavy atom. The number of carbonyl (C=O) groups is 1. The van der Waals surface area contributed by atoms with Crippen LogP contribution in [0.3, 0.4) is 0 Å². The third kappa shape index (κ3) is 5.70. The molecule has 4 aliphatic rings. The van der Waals surface area contributed by atoms with Gasteiger partial charge in [-0.3, -0.25) is 9.80 Å². The molecular formula is C28H37ClF2N6O5S. The van der Waals surface area contributed by atoms with E-state index in [0.717, 1.165) is 25.6 Å². The van der Waals surface area contributed by atoms with E-state index in [1.807, 2.05) is 4.90 Å². The second-order valence-electron chi connectivity index (χ2n) is 13.5. The maximum absolute atomic E-state index is 15.4. The normalized spacial score (nSPS) is 29.4. The van der Waals surface area contributed by atoms with Gasteiger partial charge in [0.1, 0.15) is 39.6 Å². The van der Waals surface area contributed by atoms with Crippen LogP contribution in [-0.2, 0) is 14.6 Å². The van der Waals surface area contributed by atoms with Crippen molar-refractivity contribution in [1.29, 1.82) is 0 Å². The van der Waals surface area contributed by atoms with Crippen molar-refractivity contribution in [2.45, 2.75) is 81.8 Å². The Bertz CT molecular complexity index is 1560. The molecular weight excluding hydrogens is 606 g/mol. The number of rotatable bonds is 6. The summed E-state index contributed by atoms with van der Waals surface area (Å²) in [5.74, 6) is -0.814. The van der Waals surface area contributed by atoms with Crippen LogP contribution in [0.1, 0.15) is 52.9 Å². The third-order valence-corrected chi connectivity index (χ3v) is 10.3. The van der Waals surface area contributed by atoms with Crippen molar-refractivity contribution in [1.82, 2.24) is 24.8 Å². The highest BCUT2D eigenvalue weighted by Gasteiger charge is 2.56. The van der Waals surface area contributed by atoms with Gasteiger partial charge in [-0.25, -0.2) is 27.0 Å². The lowest BCUT2D eigenvalue weighted by Crippen LogP contribution is -2.66. The zero-order valence-electron chi connectivity index (χ0n) is 24.8. The van der Waals surface area contributed by atoms with Crippen molar-refractivity contribution in [3.05, 3.63) is 17.2 Å². The average Bonchev–Trinajstić information content (AvgIpc) is 3.48. The predicted octanol–water partition coefficient (Wildman–Crippen LogP) is 3.78. The number of halogens is 3. The van der Waals surface area contributed by atoms with E-state index in [1.54, 1.807) is 25.7 Å². The standard InChI is InChI=1S/C28H37ClF2N6O5S/c1-26(2,3)42-25(38)37-18-6-8-28(37,16-43(4,39)40)14-35(13-18)23-19-11-32-22(29)20(31)21(19)33-24(34-23)41-15-27-7-5-9-36(27)12-17(30)10-27/h11,17-18H,5-10,12-16H2,1-4H3/t17-,18+,27+,28-/m1/s1. The smallest absolute Gasteiger partial charge is 0.411 e. The van der Waals surface area contributed by atoms with Gasteiger partial charge in [-0.15, -0.1) is 0 Å². The summed E-state index contributed by atoms with van der Waals surface area (Å²) in [6.07, 6.45) is 4.06. The molecule has 4 saturated heterocycles. The molecule has 0 unspecified atom stereocenters. The van der Waals surface area contributed by atoms with Crippen LogP contribution in [0.4, 0.5) is 19.4 Å². The SMILES string of the molecule is CC(C)(C)OC(=O)N1[C@H]2CC[C@]1(CS(C)(=O)=O)CN(c1nc(OC[C@@]34CCCN3C[C@H](F)C4)nc3c(F)c(Cl)ncc13)C2. The van der Waals surface area contributed by atoms with Crippen LogP contribution in [0, 0.1) is 5.82 Å². The highest BCUT2D eigenvalue weighted by atomic mass is 35.5. The van der Waals surface area contributed by atoms with Crippen LogP contribution in [0.15, 0.2) is 6.20 Å². The Balaban J connectivity index is 1.38. The average molecular weight is 643 g/mol. The number of fused-ring (bicyclic) bond motifs is 4. The predicted molar refractivity (Wildman–Crippen MR) is 157 cm³/mol. The Morgan fingerprint density at radius 1 is 1.21 bits per heavy atom. The van der Waals surface area contributed by atoms with E-state index in [4.69, 9.17) is 21.1 Å². The van der Waals surface area contributed by atoms with Crippen LogP contribution in [0.5, 0.6) is 6.01 Å². The summed E-state index contributed by atoms with van der Waals surface area (Å²) < 4.78 is 66.9. The summed E-state index contributed by atoms with van der Waals surface area (Å²) >= 11 is 6.03. The quantitative estimate of drug-likeness (QED) is 0.431. The van der Waals surface area contributed by atoms with Crippen molar-refractivity contribution in [3.8, 4) is 6.01 Å². The van der Waals surface area contributed by atoms with Crippen molar-refractivity contribution >= 4 is 44.3 Å². The first-order valence-electron chi connectivity index (χ1n) is 14.6. The fourth-order valence-corrected chi connectivity index (χ4v) is 9.01. The van der Waals surface area contributed by atoms with Gasteiger partial charge in [-0.1, -0.05) is 11.6 Å². The summed E-state index contributed by atoms with van der Waals surface area (Å²) in [5.41, 5.74) is -2.43. The van der Waals surface area contributed by atoms with E-state index in [2.05, 4.69) is 19.9 Å². The van der Waals surface area contributed by atoms with Crippen LogP contribution >= 0.6 is 11.6 Å². The summed E-state index contributed by atoms with van der Waals surface area (Å²) in [6.45, 7) is 6.97. The molecule has 11 nitrogen and oxygen atoms in total. The van der Waals surface area contributed by atoms with Crippen molar-refractivity contribution in [2.24, 2.45) is 0 Å². The molecule has 4 atom stereocenters. The molecule has 0 aliphatic carbocycles. The van der Waals surface area contributed by atoms with Crippen molar-refractivity contribution < 1.29 is 31.5 Å². The highest BCUT2D eigenvalue weighted by Crippen LogP contribution is 2.44. The number of pyridine rings is 1. The van der Waals surface area contributed by atoms with Gasteiger partial charge in [0.2, 0.25) is 0 Å². The number of alkyl halides is 1. The maximum atomic E-state index is 15.4. The zero-order valence-corrected chi connectivity index (χ0v) is 26.3. The van der Waals surface area contributed by atoms with Gasteiger partial charge >= 0.3 is 12.1 Å². The Labute approximate surface area is 254 Å². The Hall–Kier alpha value is -2.58. The van der Waals surface area contributed by atoms with Gasteiger partial charge in [0.15, 0.2) is 11.0 Å². The minimum atomic E-state index is -3.54. The zero-order chi connectivity index (χ0) is 30.9. The number of hydrogen-bond donors (Lipinski definition) is 0. The molecule has 2 aromatic heterocycles. The van der Waals surface area contributed by atoms with Crippen LogP contribution < -0.4 is 9.64 Å². The summed E-state index contributed by atoms with van der Waals surface area (Å²) in [7, 11) is -3.54. The molecule has 0 N–H and O–H groups in total. The summed E-state index contributed by atoms with van der Waals surface area (Å²) in [6, 6.07) is -0.470. The molecule has 4 fully saturated rings. The van der Waals surface area contributed by atoms with E-state index in [0.29, 0.717) is 38.2 Å². The first-order valence-corrected chi connectivity index (χ1v) is 17.0. The molecule has 15 heteroatoms. The van der Waals surface area contributed by atoms with Gasteiger partial charge in [0, 0.05) is 38.5 Å². The first kappa shape index (κ1) is 30.4. The van der Waals surface area contributed by atoms with E-state index < -0.39 is 44.6 Å². The Morgan fingerprint density at radius 3 is 2.70 bits per heavy atom. The molecule has 4 aliphatic heterocycles. The number of amides is 1. The van der Waals surface area contributed by atoms with E-state index in [9.17, 15) is 17.6 Å². The number of ether oxygens (including phenoxy) is 2. The van der Waals surface area contributed by atoms with Crippen LogP contribution in [0.2, 0.25) is 5.15 Å². The fourth-order valence-electron chi connectivity index (χ4n) is 7.52. The first-order chi connectivity index (χ1) is 20.1. The number of aromatic nitrogens is 3. The molecule has 1 amide bonds. The number of nitrogens with zero attached hydrogens (tertiary/aromatic N) is 6. The lowest BCUT2D eigenvalue weighted by Gasteiger charge is -2.49. The fraction of sp³-hybridized carbons (Fsp3) is 0.714. The van der Waals surface area contributed by atoms with Gasteiger partial charge in [-0.2, -0.15) is 9.97 Å². The summed E-state index contributed by atoms with van der Waals surface area (Å²) in [4.78, 5) is 32.0. The molecule has 6 heterocycles. The lowest BCUT2D eigenvalue weighted by molar-refractivity contribution is -0.00214. The molecule has 2 aromatic rings. The Kier molecular flexibility index (Phi) is 7.44. The van der Waals surface area contributed by atoms with Crippen molar-refractivity contribution in [3.63, 3.8) is 0 Å². The van der Waals surface area contributed by atoms with Crippen LogP contribution in [0.25, 0.3) is 10.9 Å². The van der Waals surface area contributed by atoms with Gasteiger partial charge in [0.25, 0.3) is 0 Å². The minimum Gasteiger partial charge on any atom is -0.461 e. The van der Waals surface area contributed by atoms with Gasteiger partial charge < -0.3 is 14.4 Å². The topological polar surface area (TPSA) is 118 Å². The number of anilines is 1. The minimum absolute atomic E-state index is 0.0883.